The number of carbonyl (C=O) groups excluding carboxylic acids is 1. The van der Waals surface area contributed by atoms with Gasteiger partial charge in [-0.25, -0.2) is 0 Å². The minimum Gasteiger partial charge on any atom is -0.409 e. The molecule has 1 aliphatic carbocycles. The smallest absolute Gasteiger partial charge is 0.234 e. The van der Waals surface area contributed by atoms with Crippen molar-refractivity contribution in [3.05, 3.63) is 0 Å². The summed E-state index contributed by atoms with van der Waals surface area (Å²) in [5.74, 6) is 0.355. The van der Waals surface area contributed by atoms with E-state index >= 15 is 0 Å². The highest BCUT2D eigenvalue weighted by Crippen LogP contribution is 2.37. The molecule has 1 atom stereocenters. The molecular weight excluding hydrogens is 242 g/mol. The van der Waals surface area contributed by atoms with Gasteiger partial charge in [-0.2, -0.15) is 0 Å². The zero-order valence-corrected chi connectivity index (χ0v) is 12.3. The monoisotopic (exact) mass is 269 g/mol. The lowest BCUT2D eigenvalue weighted by atomic mass is 9.72. The number of hydrogen-bond donors (Lipinski definition) is 3. The van der Waals surface area contributed by atoms with E-state index in [9.17, 15) is 4.79 Å². The Labute approximate surface area is 115 Å². The number of amidine groups is 1. The first kappa shape index (κ1) is 15.8. The summed E-state index contributed by atoms with van der Waals surface area (Å²) in [5, 5.41) is 15.2. The molecule has 0 aliphatic heterocycles. The molecular formula is C14H27N3O2. The van der Waals surface area contributed by atoms with Gasteiger partial charge in [-0.1, -0.05) is 45.2 Å². The maximum absolute atomic E-state index is 12.6. The number of nitrogens with two attached hydrogens (primary N) is 1. The van der Waals surface area contributed by atoms with Crippen molar-refractivity contribution in [2.75, 3.05) is 0 Å². The summed E-state index contributed by atoms with van der Waals surface area (Å²) in [4.78, 5) is 12.6. The van der Waals surface area contributed by atoms with Crippen LogP contribution in [-0.4, -0.2) is 23.0 Å². The van der Waals surface area contributed by atoms with Gasteiger partial charge >= 0.3 is 0 Å². The second-order valence-electron chi connectivity index (χ2n) is 5.86. The van der Waals surface area contributed by atoms with Crippen LogP contribution in [0.3, 0.4) is 0 Å². The summed E-state index contributed by atoms with van der Waals surface area (Å²) in [6, 6.07) is 0.137. The van der Waals surface area contributed by atoms with Gasteiger partial charge in [0.05, 0.1) is 0 Å². The fraction of sp³-hybridized carbons (Fsp3) is 0.857. The van der Waals surface area contributed by atoms with Gasteiger partial charge in [0.1, 0.15) is 5.41 Å². The summed E-state index contributed by atoms with van der Waals surface area (Å²) in [6.45, 7) is 6.24. The van der Waals surface area contributed by atoms with Crippen LogP contribution in [0.1, 0.15) is 59.3 Å². The van der Waals surface area contributed by atoms with Crippen molar-refractivity contribution in [2.45, 2.75) is 65.3 Å². The van der Waals surface area contributed by atoms with Crippen LogP contribution in [0.2, 0.25) is 0 Å². The summed E-state index contributed by atoms with van der Waals surface area (Å²) in [7, 11) is 0. The predicted molar refractivity (Wildman–Crippen MR) is 76.0 cm³/mol. The number of hydrogen-bond acceptors (Lipinski definition) is 3. The van der Waals surface area contributed by atoms with Crippen LogP contribution < -0.4 is 11.1 Å². The predicted octanol–water partition coefficient (Wildman–Crippen LogP) is 2.23. The van der Waals surface area contributed by atoms with Crippen molar-refractivity contribution >= 4 is 11.7 Å². The summed E-state index contributed by atoms with van der Waals surface area (Å²) >= 11 is 0. The molecule has 1 rings (SSSR count). The highest BCUT2D eigenvalue weighted by Gasteiger charge is 2.44. The zero-order valence-electron chi connectivity index (χ0n) is 12.3. The van der Waals surface area contributed by atoms with E-state index in [-0.39, 0.29) is 17.8 Å². The second-order valence-corrected chi connectivity index (χ2v) is 5.86. The van der Waals surface area contributed by atoms with Crippen molar-refractivity contribution in [3.8, 4) is 0 Å². The highest BCUT2D eigenvalue weighted by molar-refractivity contribution is 6.06. The van der Waals surface area contributed by atoms with Crippen LogP contribution in [0.25, 0.3) is 0 Å². The second kappa shape index (κ2) is 6.78. The first-order valence-corrected chi connectivity index (χ1v) is 7.27. The van der Waals surface area contributed by atoms with E-state index in [0.29, 0.717) is 18.8 Å². The topological polar surface area (TPSA) is 87.7 Å². The summed E-state index contributed by atoms with van der Waals surface area (Å²) < 4.78 is 0. The highest BCUT2D eigenvalue weighted by atomic mass is 16.4. The van der Waals surface area contributed by atoms with Crippen molar-refractivity contribution in [1.29, 1.82) is 0 Å². The fourth-order valence-electron chi connectivity index (χ4n) is 2.90. The van der Waals surface area contributed by atoms with Crippen LogP contribution in [0.15, 0.2) is 5.16 Å². The molecule has 19 heavy (non-hydrogen) atoms. The Morgan fingerprint density at radius 3 is 2.37 bits per heavy atom. The molecule has 5 nitrogen and oxygen atoms in total. The number of carbonyl (C=O) groups is 1. The molecule has 0 spiro atoms. The number of nitrogens with zero attached hydrogens (tertiary/aromatic N) is 1. The molecule has 1 amide bonds. The Hall–Kier alpha value is -1.26. The van der Waals surface area contributed by atoms with Crippen molar-refractivity contribution in [2.24, 2.45) is 22.2 Å². The molecule has 0 aromatic rings. The van der Waals surface area contributed by atoms with Crippen LogP contribution in [0.5, 0.6) is 0 Å². The SMILES string of the molecule is CCC(NC(=O)C1(C(N)=NO)CCCCC1)C(C)C. The van der Waals surface area contributed by atoms with E-state index in [1.165, 1.54) is 0 Å². The van der Waals surface area contributed by atoms with Gasteiger partial charge in [0.15, 0.2) is 5.84 Å². The maximum Gasteiger partial charge on any atom is 0.234 e. The standard InChI is InChI=1S/C14H27N3O2/c1-4-11(10(2)3)16-13(18)14(12(15)17-19)8-6-5-7-9-14/h10-11,19H,4-9H2,1-3H3,(H2,15,17)(H,16,18). The third kappa shape index (κ3) is 3.39. The lowest BCUT2D eigenvalue weighted by Crippen LogP contribution is -2.54. The zero-order chi connectivity index (χ0) is 14.5. The molecule has 1 unspecified atom stereocenters. The van der Waals surface area contributed by atoms with E-state index in [1.807, 2.05) is 0 Å². The number of oxime groups is 1. The summed E-state index contributed by atoms with van der Waals surface area (Å²) in [6.07, 6.45) is 5.22. The third-order valence-corrected chi connectivity index (χ3v) is 4.30. The molecule has 0 bridgehead atoms. The molecule has 0 heterocycles. The molecule has 1 fully saturated rings. The number of nitrogens with one attached hydrogen (secondary N) is 1. The van der Waals surface area contributed by atoms with Gasteiger partial charge in [-0.3, -0.25) is 4.79 Å². The molecule has 0 radical (unpaired) electrons. The Morgan fingerprint density at radius 1 is 1.37 bits per heavy atom. The molecule has 0 saturated heterocycles. The average Bonchev–Trinajstić information content (AvgIpc) is 2.43. The molecule has 0 aromatic heterocycles. The van der Waals surface area contributed by atoms with Crippen LogP contribution in [-0.2, 0) is 4.79 Å². The quantitative estimate of drug-likeness (QED) is 0.309. The van der Waals surface area contributed by atoms with Gasteiger partial charge < -0.3 is 16.3 Å². The minimum absolute atomic E-state index is 0.0586. The van der Waals surface area contributed by atoms with Gasteiger partial charge in [0.2, 0.25) is 5.91 Å². The first-order chi connectivity index (χ1) is 8.97. The van der Waals surface area contributed by atoms with Gasteiger partial charge in [-0.05, 0) is 25.2 Å². The number of rotatable bonds is 5. The van der Waals surface area contributed by atoms with Crippen molar-refractivity contribution < 1.29 is 10.0 Å². The fourth-order valence-corrected chi connectivity index (χ4v) is 2.90. The molecule has 5 heteroatoms. The van der Waals surface area contributed by atoms with Crippen LogP contribution in [0.4, 0.5) is 0 Å². The van der Waals surface area contributed by atoms with E-state index in [2.05, 4.69) is 31.2 Å². The normalized spacial score (nSPS) is 21.2. The molecule has 110 valence electrons. The van der Waals surface area contributed by atoms with Crippen molar-refractivity contribution in [3.63, 3.8) is 0 Å². The van der Waals surface area contributed by atoms with Crippen LogP contribution in [0, 0.1) is 11.3 Å². The van der Waals surface area contributed by atoms with Gasteiger partial charge in [0.25, 0.3) is 0 Å². The van der Waals surface area contributed by atoms with Gasteiger partial charge in [-0.15, -0.1) is 0 Å². The largest absolute Gasteiger partial charge is 0.409 e. The Balaban J connectivity index is 2.89. The maximum atomic E-state index is 12.6. The van der Waals surface area contributed by atoms with E-state index in [1.54, 1.807) is 0 Å². The lowest BCUT2D eigenvalue weighted by molar-refractivity contribution is -0.130. The van der Waals surface area contributed by atoms with E-state index in [0.717, 1.165) is 25.7 Å². The third-order valence-electron chi connectivity index (χ3n) is 4.30. The molecule has 1 saturated carbocycles. The number of amides is 1. The lowest BCUT2D eigenvalue weighted by Gasteiger charge is -2.36. The molecule has 1 aliphatic rings. The Kier molecular flexibility index (Phi) is 5.63. The molecule has 0 aromatic carbocycles. The van der Waals surface area contributed by atoms with E-state index in [4.69, 9.17) is 10.9 Å². The van der Waals surface area contributed by atoms with E-state index < -0.39 is 5.41 Å². The van der Waals surface area contributed by atoms with Crippen LogP contribution >= 0.6 is 0 Å². The molecule has 4 N–H and O–H groups in total. The first-order valence-electron chi connectivity index (χ1n) is 7.27. The Morgan fingerprint density at radius 2 is 1.95 bits per heavy atom. The Bertz CT molecular complexity index is 334. The average molecular weight is 269 g/mol. The summed E-state index contributed by atoms with van der Waals surface area (Å²) in [5.41, 5.74) is 5.01. The van der Waals surface area contributed by atoms with Crippen molar-refractivity contribution in [1.82, 2.24) is 5.32 Å². The van der Waals surface area contributed by atoms with Gasteiger partial charge in [0, 0.05) is 6.04 Å². The minimum atomic E-state index is -0.810.